The number of anilines is 2. The summed E-state index contributed by atoms with van der Waals surface area (Å²) < 4.78 is 0. The van der Waals surface area contributed by atoms with Crippen LogP contribution in [0.3, 0.4) is 0 Å². The summed E-state index contributed by atoms with van der Waals surface area (Å²) in [5.41, 5.74) is 3.23. The fourth-order valence-corrected chi connectivity index (χ4v) is 2.29. The SMILES string of the molecule is Cc1nc(CCNc2nc(NN)ccc2[N+](=O)[O-])cs1. The van der Waals surface area contributed by atoms with Crippen LogP contribution < -0.4 is 16.6 Å². The normalized spacial score (nSPS) is 10.3. The van der Waals surface area contributed by atoms with Gasteiger partial charge >= 0.3 is 5.69 Å². The van der Waals surface area contributed by atoms with Gasteiger partial charge in [-0.25, -0.2) is 15.8 Å². The molecule has 2 heterocycles. The van der Waals surface area contributed by atoms with E-state index in [9.17, 15) is 10.1 Å². The molecular formula is C11H14N6O2S. The second-order valence-electron chi connectivity index (χ2n) is 4.00. The summed E-state index contributed by atoms with van der Waals surface area (Å²) in [7, 11) is 0. The van der Waals surface area contributed by atoms with E-state index in [1.54, 1.807) is 11.3 Å². The molecule has 0 aliphatic heterocycles. The Bertz CT molecular complexity index is 615. The zero-order valence-corrected chi connectivity index (χ0v) is 11.6. The summed E-state index contributed by atoms with van der Waals surface area (Å²) in [5.74, 6) is 5.80. The monoisotopic (exact) mass is 294 g/mol. The van der Waals surface area contributed by atoms with Gasteiger partial charge in [0.2, 0.25) is 5.82 Å². The van der Waals surface area contributed by atoms with Crippen molar-refractivity contribution in [3.05, 3.63) is 38.3 Å². The van der Waals surface area contributed by atoms with Crippen molar-refractivity contribution >= 4 is 28.7 Å². The van der Waals surface area contributed by atoms with Crippen LogP contribution in [0.25, 0.3) is 0 Å². The molecule has 0 saturated heterocycles. The molecule has 2 aromatic rings. The van der Waals surface area contributed by atoms with Crippen LogP contribution in [0.15, 0.2) is 17.5 Å². The number of nitrogen functional groups attached to an aromatic ring is 1. The quantitative estimate of drug-likeness (QED) is 0.421. The van der Waals surface area contributed by atoms with Crippen LogP contribution in [-0.2, 0) is 6.42 Å². The van der Waals surface area contributed by atoms with Gasteiger partial charge in [-0.15, -0.1) is 11.3 Å². The highest BCUT2D eigenvalue weighted by Gasteiger charge is 2.15. The van der Waals surface area contributed by atoms with Crippen molar-refractivity contribution < 1.29 is 4.92 Å². The van der Waals surface area contributed by atoms with E-state index in [2.05, 4.69) is 20.7 Å². The number of hydrogen-bond acceptors (Lipinski definition) is 8. The topological polar surface area (TPSA) is 119 Å². The maximum absolute atomic E-state index is 10.9. The van der Waals surface area contributed by atoms with Gasteiger partial charge in [0.15, 0.2) is 0 Å². The maximum Gasteiger partial charge on any atom is 0.311 e. The number of aryl methyl sites for hydroxylation is 1. The van der Waals surface area contributed by atoms with Crippen molar-refractivity contribution in [2.75, 3.05) is 17.3 Å². The predicted octanol–water partition coefficient (Wildman–Crippen LogP) is 1.69. The van der Waals surface area contributed by atoms with Gasteiger partial charge < -0.3 is 10.7 Å². The van der Waals surface area contributed by atoms with Crippen molar-refractivity contribution in [1.29, 1.82) is 0 Å². The standard InChI is InChI=1S/C11H14N6O2S/c1-7-14-8(6-20-7)4-5-13-11-9(17(18)19)2-3-10(15-11)16-12/h2-3,6H,4-5,12H2,1H3,(H2,13,15,16). The van der Waals surface area contributed by atoms with E-state index < -0.39 is 4.92 Å². The Kier molecular flexibility index (Phi) is 4.43. The molecule has 4 N–H and O–H groups in total. The van der Waals surface area contributed by atoms with Crippen molar-refractivity contribution in [2.45, 2.75) is 13.3 Å². The van der Waals surface area contributed by atoms with E-state index in [-0.39, 0.29) is 11.5 Å². The van der Waals surface area contributed by atoms with Gasteiger partial charge in [-0.3, -0.25) is 10.1 Å². The minimum Gasteiger partial charge on any atom is -0.364 e. The van der Waals surface area contributed by atoms with Crippen LogP contribution in [0.2, 0.25) is 0 Å². The van der Waals surface area contributed by atoms with Crippen LogP contribution in [0.5, 0.6) is 0 Å². The van der Waals surface area contributed by atoms with Crippen molar-refractivity contribution in [2.24, 2.45) is 5.84 Å². The molecule has 0 bridgehead atoms. The Balaban J connectivity index is 2.05. The average molecular weight is 294 g/mol. The van der Waals surface area contributed by atoms with E-state index in [1.807, 2.05) is 12.3 Å². The summed E-state index contributed by atoms with van der Waals surface area (Å²) in [5, 5.41) is 16.8. The maximum atomic E-state index is 10.9. The molecule has 2 aromatic heterocycles. The van der Waals surface area contributed by atoms with E-state index >= 15 is 0 Å². The highest BCUT2D eigenvalue weighted by molar-refractivity contribution is 7.09. The third-order valence-corrected chi connectivity index (χ3v) is 3.38. The number of hydrazine groups is 1. The zero-order chi connectivity index (χ0) is 14.5. The van der Waals surface area contributed by atoms with Crippen LogP contribution in [0, 0.1) is 17.0 Å². The van der Waals surface area contributed by atoms with E-state index in [1.165, 1.54) is 12.1 Å². The minimum absolute atomic E-state index is 0.0848. The molecule has 0 amide bonds. The number of aromatic nitrogens is 2. The third-order valence-electron chi connectivity index (χ3n) is 2.56. The molecule has 0 fully saturated rings. The number of nitro groups is 1. The Labute approximate surface area is 119 Å². The molecule has 0 spiro atoms. The molecule has 0 atom stereocenters. The fraction of sp³-hybridized carbons (Fsp3) is 0.273. The molecule has 8 nitrogen and oxygen atoms in total. The number of rotatable bonds is 6. The van der Waals surface area contributed by atoms with Crippen molar-refractivity contribution in [3.8, 4) is 0 Å². The lowest BCUT2D eigenvalue weighted by atomic mass is 10.3. The van der Waals surface area contributed by atoms with Crippen LogP contribution in [0.1, 0.15) is 10.7 Å². The van der Waals surface area contributed by atoms with Gasteiger partial charge in [-0.1, -0.05) is 0 Å². The number of thiazole rings is 1. The number of nitrogens with zero attached hydrogens (tertiary/aromatic N) is 3. The molecule has 0 aliphatic carbocycles. The lowest BCUT2D eigenvalue weighted by Gasteiger charge is -2.07. The van der Waals surface area contributed by atoms with Crippen LogP contribution in [0.4, 0.5) is 17.3 Å². The lowest BCUT2D eigenvalue weighted by molar-refractivity contribution is -0.384. The molecule has 2 rings (SSSR count). The van der Waals surface area contributed by atoms with E-state index in [4.69, 9.17) is 5.84 Å². The largest absolute Gasteiger partial charge is 0.364 e. The lowest BCUT2D eigenvalue weighted by Crippen LogP contribution is -2.12. The molecule has 20 heavy (non-hydrogen) atoms. The molecule has 9 heteroatoms. The van der Waals surface area contributed by atoms with Gasteiger partial charge in [-0.2, -0.15) is 0 Å². The molecule has 0 aromatic carbocycles. The number of nitrogens with two attached hydrogens (primary N) is 1. The fourth-order valence-electron chi connectivity index (χ4n) is 1.64. The minimum atomic E-state index is -0.484. The van der Waals surface area contributed by atoms with Crippen LogP contribution >= 0.6 is 11.3 Å². The summed E-state index contributed by atoms with van der Waals surface area (Å²) >= 11 is 1.58. The number of hydrogen-bond donors (Lipinski definition) is 3. The van der Waals surface area contributed by atoms with Gasteiger partial charge in [0.1, 0.15) is 5.82 Å². The summed E-state index contributed by atoms with van der Waals surface area (Å²) in [6.45, 7) is 2.44. The van der Waals surface area contributed by atoms with E-state index in [0.29, 0.717) is 18.8 Å². The first kappa shape index (κ1) is 14.2. The highest BCUT2D eigenvalue weighted by atomic mass is 32.1. The van der Waals surface area contributed by atoms with Gasteiger partial charge in [-0.05, 0) is 13.0 Å². The molecule has 0 radical (unpaired) electrons. The Morgan fingerprint density at radius 1 is 1.45 bits per heavy atom. The van der Waals surface area contributed by atoms with Crippen molar-refractivity contribution in [1.82, 2.24) is 9.97 Å². The first-order chi connectivity index (χ1) is 9.60. The summed E-state index contributed by atoms with van der Waals surface area (Å²) in [6.07, 6.45) is 0.670. The molecule has 0 aliphatic rings. The molecule has 106 valence electrons. The van der Waals surface area contributed by atoms with Gasteiger partial charge in [0.25, 0.3) is 0 Å². The molecule has 0 saturated carbocycles. The average Bonchev–Trinajstić information content (AvgIpc) is 2.84. The van der Waals surface area contributed by atoms with Gasteiger partial charge in [0.05, 0.1) is 15.6 Å². The van der Waals surface area contributed by atoms with Gasteiger partial charge in [0, 0.05) is 24.4 Å². The molecule has 0 unspecified atom stereocenters. The van der Waals surface area contributed by atoms with E-state index in [0.717, 1.165) is 10.7 Å². The number of pyridine rings is 1. The first-order valence-electron chi connectivity index (χ1n) is 5.87. The summed E-state index contributed by atoms with van der Waals surface area (Å²) in [4.78, 5) is 18.8. The third kappa shape index (κ3) is 3.39. The number of nitrogens with one attached hydrogen (secondary N) is 2. The second kappa shape index (κ2) is 6.26. The van der Waals surface area contributed by atoms with Crippen molar-refractivity contribution in [3.63, 3.8) is 0 Å². The first-order valence-corrected chi connectivity index (χ1v) is 6.75. The molecular weight excluding hydrogens is 280 g/mol. The van der Waals surface area contributed by atoms with Crippen LogP contribution in [-0.4, -0.2) is 21.4 Å². The Morgan fingerprint density at radius 2 is 2.25 bits per heavy atom. The predicted molar refractivity (Wildman–Crippen MR) is 77.7 cm³/mol. The zero-order valence-electron chi connectivity index (χ0n) is 10.8. The Hall–Kier alpha value is -2.26. The second-order valence-corrected chi connectivity index (χ2v) is 5.06. The highest BCUT2D eigenvalue weighted by Crippen LogP contribution is 2.23. The smallest absolute Gasteiger partial charge is 0.311 e. The Morgan fingerprint density at radius 3 is 2.85 bits per heavy atom. The summed E-state index contributed by atoms with van der Waals surface area (Å²) in [6, 6.07) is 2.81.